The quantitative estimate of drug-likeness (QED) is 0.452. The van der Waals surface area contributed by atoms with Crippen molar-refractivity contribution in [3.8, 4) is 0 Å². The van der Waals surface area contributed by atoms with Gasteiger partial charge in [-0.15, -0.1) is 11.8 Å². The van der Waals surface area contributed by atoms with Crippen molar-refractivity contribution in [3.63, 3.8) is 0 Å². The van der Waals surface area contributed by atoms with Gasteiger partial charge in [0.15, 0.2) is 0 Å². The third kappa shape index (κ3) is 5.32. The molecule has 78 valence electrons. The zero-order valence-corrected chi connectivity index (χ0v) is 11.4. The predicted octanol–water partition coefficient (Wildman–Crippen LogP) is 4.64. The van der Waals surface area contributed by atoms with Gasteiger partial charge in [-0.2, -0.15) is 12.6 Å². The maximum atomic E-state index is 4.19. The van der Waals surface area contributed by atoms with E-state index in [1.807, 2.05) is 11.8 Å². The smallest absolute Gasteiger partial charge is 0.0186 e. The standard InChI is InChI=1S/C11H15BrS2/c12-10-5-4-6-11(9-10)14-8-3-1-2-7-13/h4-6,9,13H,1-3,7-8H2. The lowest BCUT2D eigenvalue weighted by molar-refractivity contribution is 0.787. The monoisotopic (exact) mass is 290 g/mol. The molecule has 0 aliphatic rings. The molecule has 0 amide bonds. The summed E-state index contributed by atoms with van der Waals surface area (Å²) < 4.78 is 1.16. The van der Waals surface area contributed by atoms with Crippen LogP contribution in [0.5, 0.6) is 0 Å². The van der Waals surface area contributed by atoms with Gasteiger partial charge in [0.2, 0.25) is 0 Å². The topological polar surface area (TPSA) is 0 Å². The Balaban J connectivity index is 2.18. The van der Waals surface area contributed by atoms with E-state index in [1.165, 1.54) is 29.9 Å². The molecule has 0 saturated heterocycles. The Hall–Kier alpha value is 0.400. The number of thiol groups is 1. The molecule has 0 heterocycles. The summed E-state index contributed by atoms with van der Waals surface area (Å²) in [6.07, 6.45) is 3.82. The molecule has 0 saturated carbocycles. The normalized spacial score (nSPS) is 10.4. The van der Waals surface area contributed by atoms with Crippen molar-refractivity contribution in [2.75, 3.05) is 11.5 Å². The highest BCUT2D eigenvalue weighted by Gasteiger charge is 1.94. The molecular formula is C11H15BrS2. The molecule has 0 fully saturated rings. The minimum Gasteiger partial charge on any atom is -0.179 e. The minimum atomic E-state index is 1.02. The molecule has 0 unspecified atom stereocenters. The third-order valence-electron chi connectivity index (χ3n) is 1.87. The highest BCUT2D eigenvalue weighted by Crippen LogP contribution is 2.22. The maximum Gasteiger partial charge on any atom is 0.0186 e. The third-order valence-corrected chi connectivity index (χ3v) is 3.76. The van der Waals surface area contributed by atoms with Gasteiger partial charge in [0.25, 0.3) is 0 Å². The molecule has 0 spiro atoms. The maximum absolute atomic E-state index is 4.19. The van der Waals surface area contributed by atoms with Crippen LogP contribution in [0.2, 0.25) is 0 Å². The summed E-state index contributed by atoms with van der Waals surface area (Å²) in [7, 11) is 0. The fourth-order valence-electron chi connectivity index (χ4n) is 1.14. The van der Waals surface area contributed by atoms with Crippen LogP contribution in [0.25, 0.3) is 0 Å². The van der Waals surface area contributed by atoms with Crippen molar-refractivity contribution in [1.82, 2.24) is 0 Å². The molecular weight excluding hydrogens is 276 g/mol. The van der Waals surface area contributed by atoms with Gasteiger partial charge in [0, 0.05) is 9.37 Å². The summed E-state index contributed by atoms with van der Waals surface area (Å²) in [5.41, 5.74) is 0. The fourth-order valence-corrected chi connectivity index (χ4v) is 2.88. The molecule has 0 aliphatic carbocycles. The Morgan fingerprint density at radius 3 is 2.79 bits per heavy atom. The summed E-state index contributed by atoms with van der Waals surface area (Å²) in [6.45, 7) is 0. The van der Waals surface area contributed by atoms with E-state index < -0.39 is 0 Å². The molecule has 3 heteroatoms. The lowest BCUT2D eigenvalue weighted by Crippen LogP contribution is -1.82. The van der Waals surface area contributed by atoms with Gasteiger partial charge >= 0.3 is 0 Å². The average Bonchev–Trinajstić information content (AvgIpc) is 2.18. The Kier molecular flexibility index (Phi) is 6.82. The SMILES string of the molecule is SCCCCCSc1cccc(Br)c1. The second-order valence-electron chi connectivity index (χ2n) is 3.09. The van der Waals surface area contributed by atoms with E-state index in [2.05, 4.69) is 52.8 Å². The van der Waals surface area contributed by atoms with E-state index in [1.54, 1.807) is 0 Å². The Morgan fingerprint density at radius 2 is 2.07 bits per heavy atom. The van der Waals surface area contributed by atoms with Crippen molar-refractivity contribution >= 4 is 40.3 Å². The fraction of sp³-hybridized carbons (Fsp3) is 0.455. The molecule has 0 atom stereocenters. The number of rotatable bonds is 6. The molecule has 0 nitrogen and oxygen atoms in total. The summed E-state index contributed by atoms with van der Waals surface area (Å²) in [5, 5.41) is 0. The van der Waals surface area contributed by atoms with Crippen molar-refractivity contribution < 1.29 is 0 Å². The predicted molar refractivity (Wildman–Crippen MR) is 72.6 cm³/mol. The first-order valence-corrected chi connectivity index (χ1v) is 7.23. The van der Waals surface area contributed by atoms with Gasteiger partial charge in [-0.05, 0) is 42.5 Å². The highest BCUT2D eigenvalue weighted by atomic mass is 79.9. The van der Waals surface area contributed by atoms with E-state index >= 15 is 0 Å². The number of hydrogen-bond acceptors (Lipinski definition) is 2. The zero-order valence-electron chi connectivity index (χ0n) is 8.08. The molecule has 1 rings (SSSR count). The summed E-state index contributed by atoms with van der Waals surface area (Å²) in [4.78, 5) is 1.35. The first kappa shape index (κ1) is 12.5. The van der Waals surface area contributed by atoms with Crippen LogP contribution in [0.4, 0.5) is 0 Å². The Bertz CT molecular complexity index is 263. The number of unbranched alkanes of at least 4 members (excludes halogenated alkanes) is 2. The lowest BCUT2D eigenvalue weighted by Gasteiger charge is -2.01. The molecule has 0 radical (unpaired) electrons. The van der Waals surface area contributed by atoms with Gasteiger partial charge in [-0.25, -0.2) is 0 Å². The second-order valence-corrected chi connectivity index (χ2v) is 5.62. The van der Waals surface area contributed by atoms with E-state index in [-0.39, 0.29) is 0 Å². The average molecular weight is 291 g/mol. The molecule has 14 heavy (non-hydrogen) atoms. The van der Waals surface area contributed by atoms with Gasteiger partial charge in [-0.1, -0.05) is 28.4 Å². The number of halogens is 1. The Morgan fingerprint density at radius 1 is 1.21 bits per heavy atom. The van der Waals surface area contributed by atoms with Crippen LogP contribution in [0, 0.1) is 0 Å². The van der Waals surface area contributed by atoms with Crippen LogP contribution in [0.15, 0.2) is 33.6 Å². The van der Waals surface area contributed by atoms with Crippen molar-refractivity contribution in [1.29, 1.82) is 0 Å². The number of thioether (sulfide) groups is 1. The summed E-state index contributed by atoms with van der Waals surface area (Å²) >= 11 is 9.60. The Labute approximate surface area is 104 Å². The molecule has 0 aromatic heterocycles. The van der Waals surface area contributed by atoms with E-state index in [0.29, 0.717) is 0 Å². The molecule has 0 N–H and O–H groups in total. The first-order chi connectivity index (χ1) is 6.83. The first-order valence-electron chi connectivity index (χ1n) is 4.82. The van der Waals surface area contributed by atoms with Crippen LogP contribution < -0.4 is 0 Å². The van der Waals surface area contributed by atoms with Crippen LogP contribution in [-0.4, -0.2) is 11.5 Å². The van der Waals surface area contributed by atoms with Crippen molar-refractivity contribution in [2.45, 2.75) is 24.2 Å². The van der Waals surface area contributed by atoms with Gasteiger partial charge in [0.05, 0.1) is 0 Å². The van der Waals surface area contributed by atoms with Crippen LogP contribution >= 0.6 is 40.3 Å². The van der Waals surface area contributed by atoms with E-state index in [4.69, 9.17) is 0 Å². The molecule has 0 bridgehead atoms. The summed E-state index contributed by atoms with van der Waals surface area (Å²) in [5.74, 6) is 2.23. The second kappa shape index (κ2) is 7.66. The van der Waals surface area contributed by atoms with E-state index in [9.17, 15) is 0 Å². The van der Waals surface area contributed by atoms with Crippen LogP contribution in [0.3, 0.4) is 0 Å². The van der Waals surface area contributed by atoms with Crippen molar-refractivity contribution in [2.24, 2.45) is 0 Å². The minimum absolute atomic E-state index is 1.02. The zero-order chi connectivity index (χ0) is 10.2. The van der Waals surface area contributed by atoms with E-state index in [0.717, 1.165) is 10.2 Å². The van der Waals surface area contributed by atoms with Crippen LogP contribution in [-0.2, 0) is 0 Å². The molecule has 1 aromatic rings. The highest BCUT2D eigenvalue weighted by molar-refractivity contribution is 9.10. The summed E-state index contributed by atoms with van der Waals surface area (Å²) in [6, 6.07) is 8.47. The number of hydrogen-bond donors (Lipinski definition) is 1. The lowest BCUT2D eigenvalue weighted by atomic mass is 10.3. The van der Waals surface area contributed by atoms with Crippen molar-refractivity contribution in [3.05, 3.63) is 28.7 Å². The van der Waals surface area contributed by atoms with Gasteiger partial charge < -0.3 is 0 Å². The van der Waals surface area contributed by atoms with Crippen LogP contribution in [0.1, 0.15) is 19.3 Å². The van der Waals surface area contributed by atoms with Gasteiger partial charge in [0.1, 0.15) is 0 Å². The molecule has 1 aromatic carbocycles. The largest absolute Gasteiger partial charge is 0.179 e. The van der Waals surface area contributed by atoms with Gasteiger partial charge in [-0.3, -0.25) is 0 Å². The molecule has 0 aliphatic heterocycles. The number of benzene rings is 1.